The Morgan fingerprint density at radius 2 is 2.00 bits per heavy atom. The molecular weight excluding hydrogens is 264 g/mol. The Morgan fingerprint density at radius 1 is 1.19 bits per heavy atom. The van der Waals surface area contributed by atoms with Crippen LogP contribution < -0.4 is 10.9 Å². The molecule has 0 bridgehead atoms. The minimum absolute atomic E-state index is 0.154. The number of aromatic amines is 1. The highest BCUT2D eigenvalue weighted by molar-refractivity contribution is 5.93. The van der Waals surface area contributed by atoms with Crippen molar-refractivity contribution in [2.75, 3.05) is 0 Å². The first-order chi connectivity index (χ1) is 10.1. The fourth-order valence-corrected chi connectivity index (χ4v) is 2.76. The summed E-state index contributed by atoms with van der Waals surface area (Å²) >= 11 is 0. The van der Waals surface area contributed by atoms with Crippen LogP contribution in [0.15, 0.2) is 35.1 Å². The predicted molar refractivity (Wildman–Crippen MR) is 81.4 cm³/mol. The molecule has 1 aromatic heterocycles. The minimum atomic E-state index is -0.346. The maximum absolute atomic E-state index is 12.1. The number of benzene rings is 1. The summed E-state index contributed by atoms with van der Waals surface area (Å²) in [4.78, 5) is 26.4. The standard InChI is InChI=1S/C17H18N2O2/c1-11-5-8-15(17(21)19-11)16(20)18-10-12-6-7-13-3-2-4-14(13)9-12/h5-9H,2-4,10H2,1H3,(H,18,20)(H,19,21). The summed E-state index contributed by atoms with van der Waals surface area (Å²) in [6.07, 6.45) is 3.49. The van der Waals surface area contributed by atoms with Gasteiger partial charge in [0.05, 0.1) is 0 Å². The lowest BCUT2D eigenvalue weighted by molar-refractivity contribution is 0.0949. The van der Waals surface area contributed by atoms with Gasteiger partial charge in [-0.1, -0.05) is 18.2 Å². The number of fused-ring (bicyclic) bond motifs is 1. The van der Waals surface area contributed by atoms with Crippen LogP contribution in [0.2, 0.25) is 0 Å². The molecule has 2 N–H and O–H groups in total. The second kappa shape index (κ2) is 5.56. The number of carbonyl (C=O) groups is 1. The maximum atomic E-state index is 12.1. The van der Waals surface area contributed by atoms with Crippen LogP contribution >= 0.6 is 0 Å². The van der Waals surface area contributed by atoms with Crippen molar-refractivity contribution in [3.8, 4) is 0 Å². The Labute approximate surface area is 123 Å². The van der Waals surface area contributed by atoms with E-state index in [0.717, 1.165) is 24.1 Å². The van der Waals surface area contributed by atoms with Gasteiger partial charge in [-0.3, -0.25) is 9.59 Å². The van der Waals surface area contributed by atoms with E-state index >= 15 is 0 Å². The SMILES string of the molecule is Cc1ccc(C(=O)NCc2ccc3c(c2)CCC3)c(=O)[nH]1. The van der Waals surface area contributed by atoms with Gasteiger partial charge in [0.25, 0.3) is 11.5 Å². The molecule has 108 valence electrons. The number of hydrogen-bond donors (Lipinski definition) is 2. The molecule has 0 unspecified atom stereocenters. The number of hydrogen-bond acceptors (Lipinski definition) is 2. The summed E-state index contributed by atoms with van der Waals surface area (Å²) in [5.74, 6) is -0.336. The quantitative estimate of drug-likeness (QED) is 0.905. The van der Waals surface area contributed by atoms with Gasteiger partial charge >= 0.3 is 0 Å². The van der Waals surface area contributed by atoms with Crippen molar-refractivity contribution in [1.82, 2.24) is 10.3 Å². The van der Waals surface area contributed by atoms with Gasteiger partial charge in [-0.15, -0.1) is 0 Å². The van der Waals surface area contributed by atoms with E-state index in [1.165, 1.54) is 17.5 Å². The Hall–Kier alpha value is -2.36. The Balaban J connectivity index is 1.70. The molecule has 0 saturated carbocycles. The van der Waals surface area contributed by atoms with E-state index in [2.05, 4.69) is 22.4 Å². The van der Waals surface area contributed by atoms with Crippen molar-refractivity contribution in [2.24, 2.45) is 0 Å². The number of nitrogens with one attached hydrogen (secondary N) is 2. The van der Waals surface area contributed by atoms with E-state index in [-0.39, 0.29) is 17.0 Å². The first kappa shape index (κ1) is 13.6. The Morgan fingerprint density at radius 3 is 2.81 bits per heavy atom. The van der Waals surface area contributed by atoms with Gasteiger partial charge in [0.2, 0.25) is 0 Å². The third-order valence-electron chi connectivity index (χ3n) is 3.92. The van der Waals surface area contributed by atoms with Gasteiger partial charge in [-0.25, -0.2) is 0 Å². The zero-order valence-corrected chi connectivity index (χ0v) is 12.0. The average Bonchev–Trinajstić information content (AvgIpc) is 2.92. The molecule has 2 aromatic rings. The molecule has 1 aliphatic carbocycles. The number of aromatic nitrogens is 1. The number of pyridine rings is 1. The number of H-pyrrole nitrogens is 1. The second-order valence-corrected chi connectivity index (χ2v) is 5.52. The van der Waals surface area contributed by atoms with Crippen LogP contribution in [0.1, 0.15) is 39.2 Å². The molecule has 0 fully saturated rings. The molecule has 1 heterocycles. The summed E-state index contributed by atoms with van der Waals surface area (Å²) in [5.41, 5.74) is 4.43. The van der Waals surface area contributed by atoms with Crippen LogP contribution in [0, 0.1) is 6.92 Å². The third-order valence-corrected chi connectivity index (χ3v) is 3.92. The summed E-state index contributed by atoms with van der Waals surface area (Å²) in [5, 5.41) is 2.81. The molecule has 1 amide bonds. The fourth-order valence-electron chi connectivity index (χ4n) is 2.76. The van der Waals surface area contributed by atoms with E-state index < -0.39 is 0 Å². The molecule has 0 atom stereocenters. The molecule has 0 spiro atoms. The molecule has 3 rings (SSSR count). The van der Waals surface area contributed by atoms with Gasteiger partial charge < -0.3 is 10.3 Å². The summed E-state index contributed by atoms with van der Waals surface area (Å²) < 4.78 is 0. The molecule has 1 aromatic carbocycles. The van der Waals surface area contributed by atoms with Crippen molar-refractivity contribution in [3.05, 3.63) is 68.6 Å². The third kappa shape index (κ3) is 2.89. The van der Waals surface area contributed by atoms with Crippen LogP contribution in [-0.4, -0.2) is 10.9 Å². The van der Waals surface area contributed by atoms with Gasteiger partial charge in [0, 0.05) is 12.2 Å². The van der Waals surface area contributed by atoms with E-state index in [0.29, 0.717) is 6.54 Å². The highest BCUT2D eigenvalue weighted by Crippen LogP contribution is 2.22. The Bertz CT molecular complexity index is 747. The van der Waals surface area contributed by atoms with Crippen LogP contribution in [0.3, 0.4) is 0 Å². The van der Waals surface area contributed by atoms with Crippen molar-refractivity contribution in [2.45, 2.75) is 32.7 Å². The summed E-state index contributed by atoms with van der Waals surface area (Å²) in [7, 11) is 0. The topological polar surface area (TPSA) is 62.0 Å². The van der Waals surface area contributed by atoms with Gasteiger partial charge in [0.1, 0.15) is 5.56 Å². The zero-order chi connectivity index (χ0) is 14.8. The van der Waals surface area contributed by atoms with Crippen molar-refractivity contribution >= 4 is 5.91 Å². The minimum Gasteiger partial charge on any atom is -0.348 e. The van der Waals surface area contributed by atoms with Crippen molar-refractivity contribution in [1.29, 1.82) is 0 Å². The molecule has 1 aliphatic rings. The van der Waals surface area contributed by atoms with E-state index in [1.807, 2.05) is 6.07 Å². The van der Waals surface area contributed by atoms with Crippen molar-refractivity contribution < 1.29 is 4.79 Å². The van der Waals surface area contributed by atoms with Crippen molar-refractivity contribution in [3.63, 3.8) is 0 Å². The van der Waals surface area contributed by atoms with Crippen LogP contribution in [-0.2, 0) is 19.4 Å². The molecule has 0 radical (unpaired) electrons. The number of carbonyl (C=O) groups excluding carboxylic acids is 1. The fraction of sp³-hybridized carbons (Fsp3) is 0.294. The second-order valence-electron chi connectivity index (χ2n) is 5.52. The first-order valence-corrected chi connectivity index (χ1v) is 7.22. The molecule has 0 aliphatic heterocycles. The van der Waals surface area contributed by atoms with Crippen LogP contribution in [0.5, 0.6) is 0 Å². The van der Waals surface area contributed by atoms with E-state index in [1.54, 1.807) is 19.1 Å². The largest absolute Gasteiger partial charge is 0.348 e. The van der Waals surface area contributed by atoms with Gasteiger partial charge in [-0.05, 0) is 55.0 Å². The molecule has 21 heavy (non-hydrogen) atoms. The average molecular weight is 282 g/mol. The highest BCUT2D eigenvalue weighted by atomic mass is 16.2. The highest BCUT2D eigenvalue weighted by Gasteiger charge is 2.12. The maximum Gasteiger partial charge on any atom is 0.260 e. The van der Waals surface area contributed by atoms with E-state index in [4.69, 9.17) is 0 Å². The monoisotopic (exact) mass is 282 g/mol. The lowest BCUT2D eigenvalue weighted by Crippen LogP contribution is -2.29. The van der Waals surface area contributed by atoms with Gasteiger partial charge in [0.15, 0.2) is 0 Å². The molecule has 0 saturated heterocycles. The van der Waals surface area contributed by atoms with Gasteiger partial charge in [-0.2, -0.15) is 0 Å². The molecular formula is C17H18N2O2. The smallest absolute Gasteiger partial charge is 0.260 e. The van der Waals surface area contributed by atoms with Crippen LogP contribution in [0.25, 0.3) is 0 Å². The number of amides is 1. The Kier molecular flexibility index (Phi) is 3.60. The van der Waals surface area contributed by atoms with Crippen LogP contribution in [0.4, 0.5) is 0 Å². The molecule has 4 nitrogen and oxygen atoms in total. The number of rotatable bonds is 3. The summed E-state index contributed by atoms with van der Waals surface area (Å²) in [6.45, 7) is 2.23. The van der Waals surface area contributed by atoms with E-state index in [9.17, 15) is 9.59 Å². The lowest BCUT2D eigenvalue weighted by atomic mass is 10.1. The number of aryl methyl sites for hydroxylation is 3. The predicted octanol–water partition coefficient (Wildman–Crippen LogP) is 2.10. The molecule has 4 heteroatoms. The summed E-state index contributed by atoms with van der Waals surface area (Å²) in [6, 6.07) is 9.63. The zero-order valence-electron chi connectivity index (χ0n) is 12.0. The lowest BCUT2D eigenvalue weighted by Gasteiger charge is -2.07. The first-order valence-electron chi connectivity index (χ1n) is 7.22. The normalized spacial score (nSPS) is 13.0.